The molecule has 1 rings (SSSR count). The largest absolute Gasteiger partial charge is 0.401 e. The Balaban J connectivity index is 0.00000576. The number of likely N-dealkylation sites (tertiary alicyclic amines) is 1. The fourth-order valence-corrected chi connectivity index (χ4v) is 2.30. The number of hydrogen-bond acceptors (Lipinski definition) is 3. The molecule has 148 valence electrons. The lowest BCUT2D eigenvalue weighted by Crippen LogP contribution is -2.48. The molecule has 2 N–H and O–H groups in total. The van der Waals surface area contributed by atoms with E-state index in [0.717, 1.165) is 6.42 Å². The Morgan fingerprint density at radius 1 is 1.40 bits per heavy atom. The molecule has 1 amide bonds. The molecule has 25 heavy (non-hydrogen) atoms. The Bertz CT molecular complexity index is 445. The van der Waals surface area contributed by atoms with E-state index in [-0.39, 0.29) is 48.5 Å². The van der Waals surface area contributed by atoms with Crippen LogP contribution in [-0.4, -0.2) is 80.2 Å². The van der Waals surface area contributed by atoms with Gasteiger partial charge in [-0.05, 0) is 19.8 Å². The van der Waals surface area contributed by atoms with Gasteiger partial charge in [-0.1, -0.05) is 6.92 Å². The fourth-order valence-electron chi connectivity index (χ4n) is 2.30. The van der Waals surface area contributed by atoms with Gasteiger partial charge in [-0.3, -0.25) is 9.69 Å². The lowest BCUT2D eigenvalue weighted by molar-refractivity contribution is -0.143. The molecule has 1 fully saturated rings. The second-order valence-corrected chi connectivity index (χ2v) is 6.39. The maximum Gasteiger partial charge on any atom is 0.401 e. The Morgan fingerprint density at radius 3 is 2.56 bits per heavy atom. The number of likely N-dealkylation sites (N-methyl/N-ethyl adjacent to an activating group) is 1. The van der Waals surface area contributed by atoms with Crippen LogP contribution in [0.3, 0.4) is 0 Å². The van der Waals surface area contributed by atoms with Gasteiger partial charge in [0.1, 0.15) is 6.54 Å². The summed E-state index contributed by atoms with van der Waals surface area (Å²) in [4.78, 5) is 18.8. The van der Waals surface area contributed by atoms with Crippen LogP contribution in [0.5, 0.6) is 0 Å². The fraction of sp³-hybridized carbons (Fsp3) is 0.867. The Labute approximate surface area is 164 Å². The van der Waals surface area contributed by atoms with Crippen molar-refractivity contribution in [3.05, 3.63) is 0 Å². The topological polar surface area (TPSA) is 60.0 Å². The first kappa shape index (κ1) is 24.2. The molecule has 0 aromatic rings. The molecule has 0 saturated carbocycles. The minimum Gasteiger partial charge on any atom is -0.354 e. The highest BCUT2D eigenvalue weighted by atomic mass is 127. The van der Waals surface area contributed by atoms with Crippen molar-refractivity contribution in [3.63, 3.8) is 0 Å². The van der Waals surface area contributed by atoms with Crippen molar-refractivity contribution in [1.82, 2.24) is 20.4 Å². The number of aliphatic imine (C=N–C) groups is 1. The van der Waals surface area contributed by atoms with E-state index in [1.54, 1.807) is 14.1 Å². The van der Waals surface area contributed by atoms with E-state index in [4.69, 9.17) is 0 Å². The lowest BCUT2D eigenvalue weighted by atomic mass is 10.2. The summed E-state index contributed by atoms with van der Waals surface area (Å²) >= 11 is 0. The van der Waals surface area contributed by atoms with E-state index in [9.17, 15) is 18.0 Å². The van der Waals surface area contributed by atoms with Gasteiger partial charge in [-0.2, -0.15) is 13.2 Å². The summed E-state index contributed by atoms with van der Waals surface area (Å²) in [5, 5.41) is 6.33. The lowest BCUT2D eigenvalue weighted by Gasteiger charge is -2.22. The number of rotatable bonds is 6. The third kappa shape index (κ3) is 10.1. The molecule has 0 aromatic carbocycles. The van der Waals surface area contributed by atoms with Crippen molar-refractivity contribution in [1.29, 1.82) is 0 Å². The molecular formula is C15H29F3IN5O. The monoisotopic (exact) mass is 479 g/mol. The van der Waals surface area contributed by atoms with E-state index in [0.29, 0.717) is 25.5 Å². The maximum absolute atomic E-state index is 12.5. The van der Waals surface area contributed by atoms with Crippen LogP contribution in [0, 0.1) is 0 Å². The second-order valence-electron chi connectivity index (χ2n) is 6.39. The van der Waals surface area contributed by atoms with Gasteiger partial charge in [0, 0.05) is 39.3 Å². The summed E-state index contributed by atoms with van der Waals surface area (Å²) in [5.74, 6) is 0.337. The second kappa shape index (κ2) is 11.0. The van der Waals surface area contributed by atoms with Crippen molar-refractivity contribution < 1.29 is 18.0 Å². The quantitative estimate of drug-likeness (QED) is 0.346. The van der Waals surface area contributed by atoms with Crippen LogP contribution in [-0.2, 0) is 4.79 Å². The van der Waals surface area contributed by atoms with Gasteiger partial charge < -0.3 is 15.5 Å². The number of carbonyl (C=O) groups is 1. The Hall–Kier alpha value is -0.780. The molecule has 1 aliphatic rings. The van der Waals surface area contributed by atoms with E-state index in [2.05, 4.69) is 15.6 Å². The van der Waals surface area contributed by atoms with Crippen LogP contribution in [0.25, 0.3) is 0 Å². The van der Waals surface area contributed by atoms with Gasteiger partial charge >= 0.3 is 6.18 Å². The summed E-state index contributed by atoms with van der Waals surface area (Å²) in [6.07, 6.45) is -2.70. The number of halogens is 4. The molecule has 10 heteroatoms. The summed E-state index contributed by atoms with van der Waals surface area (Å²) in [6.45, 7) is 3.80. The van der Waals surface area contributed by atoms with Crippen molar-refractivity contribution in [3.8, 4) is 0 Å². The van der Waals surface area contributed by atoms with Crippen LogP contribution in [0.2, 0.25) is 0 Å². The number of nitrogens with one attached hydrogen (secondary N) is 2. The average molecular weight is 479 g/mol. The van der Waals surface area contributed by atoms with Crippen molar-refractivity contribution in [2.24, 2.45) is 4.99 Å². The van der Waals surface area contributed by atoms with Gasteiger partial charge in [-0.15, -0.1) is 24.0 Å². The molecule has 1 heterocycles. The summed E-state index contributed by atoms with van der Waals surface area (Å²) in [5.41, 5.74) is 0. The van der Waals surface area contributed by atoms with Crippen LogP contribution in [0.4, 0.5) is 13.2 Å². The molecule has 0 aliphatic carbocycles. The van der Waals surface area contributed by atoms with Crippen molar-refractivity contribution in [2.75, 3.05) is 40.3 Å². The smallest absolute Gasteiger partial charge is 0.354 e. The highest BCUT2D eigenvalue weighted by Crippen LogP contribution is 2.19. The summed E-state index contributed by atoms with van der Waals surface area (Å²) in [7, 11) is 3.30. The van der Waals surface area contributed by atoms with Gasteiger partial charge in [0.25, 0.3) is 0 Å². The van der Waals surface area contributed by atoms with Gasteiger partial charge in [0.2, 0.25) is 5.91 Å². The normalized spacial score (nSPS) is 20.0. The SMILES string of the molecule is CCC(C)NC(=NCC(=O)N(C)C)NC1CCN(CC(F)(F)F)C1.I. The molecule has 1 aliphatic heterocycles. The number of nitrogens with zero attached hydrogens (tertiary/aromatic N) is 3. The molecule has 6 nitrogen and oxygen atoms in total. The van der Waals surface area contributed by atoms with E-state index in [1.807, 2.05) is 13.8 Å². The standard InChI is InChI=1S/C15H28F3N5O.HI/c1-5-11(2)20-14(19-8-13(24)22(3)4)21-12-6-7-23(9-12)10-15(16,17)18;/h11-12H,5-10H2,1-4H3,(H2,19,20,21);1H. The predicted molar refractivity (Wildman–Crippen MR) is 103 cm³/mol. The highest BCUT2D eigenvalue weighted by Gasteiger charge is 2.34. The van der Waals surface area contributed by atoms with Crippen LogP contribution in [0.15, 0.2) is 4.99 Å². The highest BCUT2D eigenvalue weighted by molar-refractivity contribution is 14.0. The first-order valence-corrected chi connectivity index (χ1v) is 8.17. The molecule has 0 bridgehead atoms. The number of guanidine groups is 1. The average Bonchev–Trinajstić information content (AvgIpc) is 2.88. The molecule has 2 atom stereocenters. The van der Waals surface area contributed by atoms with Crippen molar-refractivity contribution in [2.45, 2.75) is 44.9 Å². The zero-order valence-corrected chi connectivity index (χ0v) is 17.5. The van der Waals surface area contributed by atoms with Crippen molar-refractivity contribution >= 4 is 35.8 Å². The number of carbonyl (C=O) groups excluding carboxylic acids is 1. The minimum absolute atomic E-state index is 0. The van der Waals surface area contributed by atoms with Crippen LogP contribution >= 0.6 is 24.0 Å². The summed E-state index contributed by atoms with van der Waals surface area (Å²) in [6, 6.07) is 0.0375. The predicted octanol–water partition coefficient (Wildman–Crippen LogP) is 1.66. The Kier molecular flexibility index (Phi) is 10.7. The van der Waals surface area contributed by atoms with Gasteiger partial charge in [0.15, 0.2) is 5.96 Å². The number of amides is 1. The minimum atomic E-state index is -4.18. The van der Waals surface area contributed by atoms with E-state index in [1.165, 1.54) is 9.80 Å². The van der Waals surface area contributed by atoms with Crippen LogP contribution in [0.1, 0.15) is 26.7 Å². The van der Waals surface area contributed by atoms with E-state index < -0.39 is 12.7 Å². The third-order valence-electron chi connectivity index (χ3n) is 3.88. The number of hydrogen-bond donors (Lipinski definition) is 2. The molecule has 2 unspecified atom stereocenters. The van der Waals surface area contributed by atoms with Gasteiger partial charge in [-0.25, -0.2) is 4.99 Å². The first-order chi connectivity index (χ1) is 11.1. The zero-order chi connectivity index (χ0) is 18.3. The third-order valence-corrected chi connectivity index (χ3v) is 3.88. The zero-order valence-electron chi connectivity index (χ0n) is 15.2. The number of alkyl halides is 3. The maximum atomic E-state index is 12.5. The molecule has 1 saturated heterocycles. The molecule has 0 aromatic heterocycles. The van der Waals surface area contributed by atoms with Gasteiger partial charge in [0.05, 0.1) is 6.54 Å². The Morgan fingerprint density at radius 2 is 2.04 bits per heavy atom. The molecule has 0 radical (unpaired) electrons. The van der Waals surface area contributed by atoms with Crippen LogP contribution < -0.4 is 10.6 Å². The molecular weight excluding hydrogens is 450 g/mol. The molecule has 0 spiro atoms. The van der Waals surface area contributed by atoms with E-state index >= 15 is 0 Å². The summed E-state index contributed by atoms with van der Waals surface area (Å²) < 4.78 is 37.4. The first-order valence-electron chi connectivity index (χ1n) is 8.17.